The van der Waals surface area contributed by atoms with E-state index in [2.05, 4.69) is 49.1 Å². The lowest BCUT2D eigenvalue weighted by Gasteiger charge is -2.20. The summed E-state index contributed by atoms with van der Waals surface area (Å²) < 4.78 is 0. The van der Waals surface area contributed by atoms with E-state index in [9.17, 15) is 0 Å². The molecule has 0 saturated heterocycles. The first-order valence-corrected chi connectivity index (χ1v) is 6.24. The lowest BCUT2D eigenvalue weighted by molar-refractivity contribution is 0.271. The van der Waals surface area contributed by atoms with Gasteiger partial charge in [0.15, 0.2) is 0 Å². The first-order valence-electron chi connectivity index (χ1n) is 6.24. The average molecular weight is 220 g/mol. The highest BCUT2D eigenvalue weighted by Crippen LogP contribution is 2.05. The van der Waals surface area contributed by atoms with Crippen molar-refractivity contribution in [1.82, 2.24) is 4.90 Å². The molecule has 2 nitrogen and oxygen atoms in total. The quantitative estimate of drug-likeness (QED) is 0.765. The topological polar surface area (TPSA) is 29.3 Å². The van der Waals surface area contributed by atoms with Crippen LogP contribution < -0.4 is 5.73 Å². The summed E-state index contributed by atoms with van der Waals surface area (Å²) in [6.07, 6.45) is 2.31. The van der Waals surface area contributed by atoms with Crippen LogP contribution in [0.15, 0.2) is 30.3 Å². The summed E-state index contributed by atoms with van der Waals surface area (Å²) in [7, 11) is 0. The maximum atomic E-state index is 5.75. The lowest BCUT2D eigenvalue weighted by Crippen LogP contribution is -2.25. The zero-order valence-electron chi connectivity index (χ0n) is 10.5. The molecule has 0 fully saturated rings. The molecule has 0 saturated carbocycles. The molecule has 0 aromatic heterocycles. The second kappa shape index (κ2) is 7.42. The molecule has 1 rings (SSSR count). The second-order valence-corrected chi connectivity index (χ2v) is 4.47. The largest absolute Gasteiger partial charge is 0.328 e. The van der Waals surface area contributed by atoms with Gasteiger partial charge in [-0.15, -0.1) is 0 Å². The molecule has 1 aromatic carbocycles. The Kier molecular flexibility index (Phi) is 6.12. The van der Waals surface area contributed by atoms with Gasteiger partial charge in [-0.1, -0.05) is 37.3 Å². The van der Waals surface area contributed by atoms with E-state index in [1.54, 1.807) is 0 Å². The van der Waals surface area contributed by atoms with Crippen LogP contribution in [0.4, 0.5) is 0 Å². The smallest absolute Gasteiger partial charge is 0.0233 e. The van der Waals surface area contributed by atoms with Gasteiger partial charge in [0.2, 0.25) is 0 Å². The molecule has 16 heavy (non-hydrogen) atoms. The van der Waals surface area contributed by atoms with Crippen molar-refractivity contribution in [1.29, 1.82) is 0 Å². The van der Waals surface area contributed by atoms with Gasteiger partial charge in [-0.05, 0) is 38.4 Å². The summed E-state index contributed by atoms with van der Waals surface area (Å²) in [6, 6.07) is 11.0. The molecule has 0 radical (unpaired) electrons. The normalized spacial score (nSPS) is 13.0. The zero-order chi connectivity index (χ0) is 11.8. The van der Waals surface area contributed by atoms with Gasteiger partial charge < -0.3 is 5.73 Å². The zero-order valence-corrected chi connectivity index (χ0v) is 10.5. The standard InChI is InChI=1S/C14H24N2/c1-3-16(11-7-8-13(2)15)12-14-9-5-4-6-10-14/h4-6,9-10,13H,3,7-8,11-12,15H2,1-2H3. The Morgan fingerprint density at radius 2 is 1.94 bits per heavy atom. The molecule has 2 heteroatoms. The van der Waals surface area contributed by atoms with Crippen molar-refractivity contribution >= 4 is 0 Å². The van der Waals surface area contributed by atoms with Crippen LogP contribution in [-0.2, 0) is 6.54 Å². The van der Waals surface area contributed by atoms with Gasteiger partial charge in [0.1, 0.15) is 0 Å². The number of benzene rings is 1. The maximum Gasteiger partial charge on any atom is 0.0233 e. The van der Waals surface area contributed by atoms with Crippen LogP contribution in [0.2, 0.25) is 0 Å². The van der Waals surface area contributed by atoms with E-state index in [1.807, 2.05) is 0 Å². The molecule has 1 unspecified atom stereocenters. The highest BCUT2D eigenvalue weighted by atomic mass is 15.1. The molecule has 1 atom stereocenters. The van der Waals surface area contributed by atoms with E-state index in [0.717, 1.165) is 26.1 Å². The molecule has 0 aliphatic carbocycles. The number of hydrogen-bond acceptors (Lipinski definition) is 2. The Bertz CT molecular complexity index is 269. The van der Waals surface area contributed by atoms with E-state index in [-0.39, 0.29) is 0 Å². The fourth-order valence-electron chi connectivity index (χ4n) is 1.83. The van der Waals surface area contributed by atoms with Crippen molar-refractivity contribution in [2.75, 3.05) is 13.1 Å². The predicted molar refractivity (Wildman–Crippen MR) is 70.3 cm³/mol. The fourth-order valence-corrected chi connectivity index (χ4v) is 1.83. The van der Waals surface area contributed by atoms with Gasteiger partial charge in [-0.25, -0.2) is 0 Å². The van der Waals surface area contributed by atoms with Crippen LogP contribution in [0.3, 0.4) is 0 Å². The van der Waals surface area contributed by atoms with Crippen molar-refractivity contribution < 1.29 is 0 Å². The summed E-state index contributed by atoms with van der Waals surface area (Å²) in [5.74, 6) is 0. The Morgan fingerprint density at radius 3 is 2.50 bits per heavy atom. The second-order valence-electron chi connectivity index (χ2n) is 4.47. The van der Waals surface area contributed by atoms with Crippen molar-refractivity contribution in [2.24, 2.45) is 5.73 Å². The molecule has 0 spiro atoms. The summed E-state index contributed by atoms with van der Waals surface area (Å²) in [5, 5.41) is 0. The van der Waals surface area contributed by atoms with E-state index >= 15 is 0 Å². The minimum atomic E-state index is 0.329. The van der Waals surface area contributed by atoms with Crippen LogP contribution in [0.5, 0.6) is 0 Å². The van der Waals surface area contributed by atoms with Gasteiger partial charge in [0, 0.05) is 12.6 Å². The molecule has 1 aromatic rings. The van der Waals surface area contributed by atoms with E-state index in [1.165, 1.54) is 12.0 Å². The van der Waals surface area contributed by atoms with Gasteiger partial charge in [-0.3, -0.25) is 4.90 Å². The minimum absolute atomic E-state index is 0.329. The molecule has 0 aliphatic heterocycles. The van der Waals surface area contributed by atoms with Crippen molar-refractivity contribution in [3.05, 3.63) is 35.9 Å². The highest BCUT2D eigenvalue weighted by molar-refractivity contribution is 5.14. The van der Waals surface area contributed by atoms with Crippen molar-refractivity contribution in [3.63, 3.8) is 0 Å². The molecule has 0 heterocycles. The van der Waals surface area contributed by atoms with Crippen molar-refractivity contribution in [3.8, 4) is 0 Å². The van der Waals surface area contributed by atoms with Crippen LogP contribution in [0.1, 0.15) is 32.3 Å². The summed E-state index contributed by atoms with van der Waals surface area (Å²) >= 11 is 0. The third-order valence-electron chi connectivity index (χ3n) is 2.83. The molecular weight excluding hydrogens is 196 g/mol. The Labute approximate surface area is 99.5 Å². The van der Waals surface area contributed by atoms with Crippen LogP contribution in [-0.4, -0.2) is 24.0 Å². The summed E-state index contributed by atoms with van der Waals surface area (Å²) in [4.78, 5) is 2.47. The van der Waals surface area contributed by atoms with Gasteiger partial charge in [0.05, 0.1) is 0 Å². The van der Waals surface area contributed by atoms with E-state index in [4.69, 9.17) is 5.73 Å². The molecule has 0 amide bonds. The monoisotopic (exact) mass is 220 g/mol. The number of rotatable bonds is 7. The molecule has 0 aliphatic rings. The summed E-state index contributed by atoms with van der Waals surface area (Å²) in [5.41, 5.74) is 7.15. The van der Waals surface area contributed by atoms with Crippen LogP contribution in [0, 0.1) is 0 Å². The van der Waals surface area contributed by atoms with Crippen molar-refractivity contribution in [2.45, 2.75) is 39.3 Å². The van der Waals surface area contributed by atoms with Crippen LogP contribution in [0.25, 0.3) is 0 Å². The number of hydrogen-bond donors (Lipinski definition) is 1. The summed E-state index contributed by atoms with van der Waals surface area (Å²) in [6.45, 7) is 7.60. The fraction of sp³-hybridized carbons (Fsp3) is 0.571. The van der Waals surface area contributed by atoms with Gasteiger partial charge in [0.25, 0.3) is 0 Å². The highest BCUT2D eigenvalue weighted by Gasteiger charge is 2.03. The lowest BCUT2D eigenvalue weighted by atomic mass is 10.1. The SMILES string of the molecule is CCN(CCCC(C)N)Cc1ccccc1. The number of nitrogens with zero attached hydrogens (tertiary/aromatic N) is 1. The first-order chi connectivity index (χ1) is 7.72. The van der Waals surface area contributed by atoms with E-state index < -0.39 is 0 Å². The number of nitrogens with two attached hydrogens (primary N) is 1. The van der Waals surface area contributed by atoms with Gasteiger partial charge in [-0.2, -0.15) is 0 Å². The first kappa shape index (κ1) is 13.2. The molecular formula is C14H24N2. The van der Waals surface area contributed by atoms with E-state index in [0.29, 0.717) is 6.04 Å². The molecule has 90 valence electrons. The predicted octanol–water partition coefficient (Wildman–Crippen LogP) is 2.64. The Morgan fingerprint density at radius 1 is 1.25 bits per heavy atom. The maximum absolute atomic E-state index is 5.75. The molecule has 0 bridgehead atoms. The minimum Gasteiger partial charge on any atom is -0.328 e. The Hall–Kier alpha value is -0.860. The third-order valence-corrected chi connectivity index (χ3v) is 2.83. The molecule has 2 N–H and O–H groups in total. The Balaban J connectivity index is 2.32. The van der Waals surface area contributed by atoms with Gasteiger partial charge >= 0.3 is 0 Å². The third kappa shape index (κ3) is 5.29. The average Bonchev–Trinajstić information content (AvgIpc) is 2.28. The van der Waals surface area contributed by atoms with Crippen LogP contribution >= 0.6 is 0 Å².